The summed E-state index contributed by atoms with van der Waals surface area (Å²) in [4.78, 5) is 0. The Kier molecular flexibility index (Phi) is 3.62. The smallest absolute Gasteiger partial charge is 0.0318 e. The first kappa shape index (κ1) is 12.7. The van der Waals surface area contributed by atoms with Gasteiger partial charge >= 0.3 is 0 Å². The maximum atomic E-state index is 2.84. The third-order valence-electron chi connectivity index (χ3n) is 7.12. The zero-order valence-corrected chi connectivity index (χ0v) is 12.5. The van der Waals surface area contributed by atoms with Crippen molar-refractivity contribution in [1.82, 2.24) is 0 Å². The van der Waals surface area contributed by atoms with Crippen LogP contribution in [0.4, 0.5) is 0 Å². The standard InChI is InChI=1S/C19H31/c1-2-6-14(5-1)11-15-9-10-19-17(12-15)13-16-7-3-4-8-18(16)19/h13-19H,1-12H2. The van der Waals surface area contributed by atoms with E-state index < -0.39 is 0 Å². The Morgan fingerprint density at radius 2 is 1.37 bits per heavy atom. The molecule has 0 aromatic carbocycles. The second-order valence-corrected chi connectivity index (χ2v) is 8.20. The highest BCUT2D eigenvalue weighted by Gasteiger charge is 2.46. The predicted molar refractivity (Wildman–Crippen MR) is 80.6 cm³/mol. The highest BCUT2D eigenvalue weighted by atomic mass is 14.5. The molecular weight excluding hydrogens is 228 g/mol. The zero-order chi connectivity index (χ0) is 12.7. The summed E-state index contributed by atoms with van der Waals surface area (Å²) < 4.78 is 0. The fourth-order valence-corrected chi connectivity index (χ4v) is 6.28. The lowest BCUT2D eigenvalue weighted by Gasteiger charge is -2.36. The minimum absolute atomic E-state index is 1.04. The van der Waals surface area contributed by atoms with E-state index in [1.165, 1.54) is 32.1 Å². The van der Waals surface area contributed by atoms with Crippen LogP contribution >= 0.6 is 0 Å². The van der Waals surface area contributed by atoms with Crippen LogP contribution in [0.15, 0.2) is 0 Å². The molecule has 0 N–H and O–H groups in total. The van der Waals surface area contributed by atoms with Gasteiger partial charge in [-0.05, 0) is 74.0 Å². The summed E-state index contributed by atoms with van der Waals surface area (Å²) >= 11 is 0. The molecule has 4 aliphatic carbocycles. The first-order valence-corrected chi connectivity index (χ1v) is 9.25. The van der Waals surface area contributed by atoms with Crippen molar-refractivity contribution >= 4 is 0 Å². The Morgan fingerprint density at radius 3 is 2.26 bits per heavy atom. The predicted octanol–water partition coefficient (Wildman–Crippen LogP) is 5.62. The number of hydrogen-bond donors (Lipinski definition) is 0. The van der Waals surface area contributed by atoms with Crippen molar-refractivity contribution in [2.45, 2.75) is 77.0 Å². The van der Waals surface area contributed by atoms with Gasteiger partial charge in [-0.1, -0.05) is 44.9 Å². The van der Waals surface area contributed by atoms with Gasteiger partial charge in [0.2, 0.25) is 0 Å². The summed E-state index contributed by atoms with van der Waals surface area (Å²) in [5.74, 6) is 6.52. The Hall–Kier alpha value is 0. The molecule has 1 radical (unpaired) electrons. The van der Waals surface area contributed by atoms with Gasteiger partial charge in [0, 0.05) is 0 Å². The molecular formula is C19H31. The minimum atomic E-state index is 1.04. The molecule has 0 heterocycles. The molecule has 0 saturated heterocycles. The molecule has 0 heteroatoms. The summed E-state index contributed by atoms with van der Waals surface area (Å²) in [6.07, 6.45) is 21.5. The van der Waals surface area contributed by atoms with E-state index in [2.05, 4.69) is 6.42 Å². The third kappa shape index (κ3) is 2.49. The van der Waals surface area contributed by atoms with Crippen molar-refractivity contribution in [1.29, 1.82) is 0 Å². The maximum absolute atomic E-state index is 2.84. The molecule has 107 valence electrons. The average molecular weight is 259 g/mol. The van der Waals surface area contributed by atoms with Crippen molar-refractivity contribution in [2.75, 3.05) is 0 Å². The number of fused-ring (bicyclic) bond motifs is 3. The van der Waals surface area contributed by atoms with Crippen molar-refractivity contribution in [3.8, 4) is 0 Å². The fourth-order valence-electron chi connectivity index (χ4n) is 6.28. The maximum Gasteiger partial charge on any atom is -0.0318 e. The molecule has 0 aromatic heterocycles. The molecule has 0 bridgehead atoms. The Balaban J connectivity index is 1.35. The van der Waals surface area contributed by atoms with Gasteiger partial charge in [-0.25, -0.2) is 0 Å². The molecule has 19 heavy (non-hydrogen) atoms. The summed E-state index contributed by atoms with van der Waals surface area (Å²) in [5.41, 5.74) is 0. The van der Waals surface area contributed by atoms with Crippen LogP contribution in [-0.2, 0) is 0 Å². The topological polar surface area (TPSA) is 0 Å². The summed E-state index contributed by atoms with van der Waals surface area (Å²) in [5, 5.41) is 0. The van der Waals surface area contributed by atoms with Gasteiger partial charge in [0.25, 0.3) is 0 Å². The molecule has 0 amide bonds. The van der Waals surface area contributed by atoms with Crippen LogP contribution in [-0.4, -0.2) is 0 Å². The van der Waals surface area contributed by atoms with Crippen LogP contribution in [0.3, 0.4) is 0 Å². The lowest BCUT2D eigenvalue weighted by molar-refractivity contribution is 0.143. The van der Waals surface area contributed by atoms with Gasteiger partial charge in [-0.3, -0.25) is 0 Å². The molecule has 0 spiro atoms. The van der Waals surface area contributed by atoms with Crippen molar-refractivity contribution in [3.05, 3.63) is 6.42 Å². The second kappa shape index (κ2) is 5.41. The molecule has 4 fully saturated rings. The van der Waals surface area contributed by atoms with Gasteiger partial charge in [0.05, 0.1) is 0 Å². The van der Waals surface area contributed by atoms with E-state index >= 15 is 0 Å². The molecule has 4 saturated carbocycles. The average Bonchev–Trinajstić information content (AvgIpc) is 3.05. The zero-order valence-electron chi connectivity index (χ0n) is 12.5. The Morgan fingerprint density at radius 1 is 0.632 bits per heavy atom. The SMILES string of the molecule is [CH]1C2CCCCC2C2CCC(CC3CCCC3)CC12. The molecule has 4 aliphatic rings. The van der Waals surface area contributed by atoms with Crippen LogP contribution in [0.5, 0.6) is 0 Å². The second-order valence-electron chi connectivity index (χ2n) is 8.20. The molecule has 0 nitrogen and oxygen atoms in total. The van der Waals surface area contributed by atoms with Crippen LogP contribution in [0.1, 0.15) is 77.0 Å². The summed E-state index contributed by atoms with van der Waals surface area (Å²) in [6.45, 7) is 0. The highest BCUT2D eigenvalue weighted by molar-refractivity contribution is 5.05. The minimum Gasteiger partial charge on any atom is -0.0530 e. The molecule has 4 rings (SSSR count). The van der Waals surface area contributed by atoms with E-state index in [-0.39, 0.29) is 0 Å². The first-order valence-electron chi connectivity index (χ1n) is 9.25. The Bertz CT molecular complexity index is 301. The highest BCUT2D eigenvalue weighted by Crippen LogP contribution is 2.55. The van der Waals surface area contributed by atoms with Crippen molar-refractivity contribution < 1.29 is 0 Å². The molecule has 0 aliphatic heterocycles. The third-order valence-corrected chi connectivity index (χ3v) is 7.12. The van der Waals surface area contributed by atoms with Crippen LogP contribution in [0.25, 0.3) is 0 Å². The number of rotatable bonds is 2. The molecule has 5 atom stereocenters. The van der Waals surface area contributed by atoms with Crippen LogP contribution in [0.2, 0.25) is 0 Å². The largest absolute Gasteiger partial charge is 0.0530 e. The molecule has 5 unspecified atom stereocenters. The lowest BCUT2D eigenvalue weighted by atomic mass is 9.69. The lowest BCUT2D eigenvalue weighted by Crippen LogP contribution is -2.26. The number of hydrogen-bond acceptors (Lipinski definition) is 0. The fraction of sp³-hybridized carbons (Fsp3) is 0.947. The van der Waals surface area contributed by atoms with Crippen LogP contribution < -0.4 is 0 Å². The Labute approximate surface area is 119 Å². The van der Waals surface area contributed by atoms with Crippen LogP contribution in [0, 0.1) is 41.9 Å². The van der Waals surface area contributed by atoms with E-state index in [1.807, 2.05) is 0 Å². The van der Waals surface area contributed by atoms with Gasteiger partial charge in [0.1, 0.15) is 0 Å². The first-order chi connectivity index (χ1) is 9.40. The van der Waals surface area contributed by atoms with E-state index in [9.17, 15) is 0 Å². The normalized spacial score (nSPS) is 47.1. The molecule has 0 aromatic rings. The van der Waals surface area contributed by atoms with Gasteiger partial charge in [0.15, 0.2) is 0 Å². The van der Waals surface area contributed by atoms with E-state index in [0.717, 1.165) is 35.5 Å². The monoisotopic (exact) mass is 259 g/mol. The quantitative estimate of drug-likeness (QED) is 0.603. The summed E-state index contributed by atoms with van der Waals surface area (Å²) in [6, 6.07) is 0. The van der Waals surface area contributed by atoms with Crippen molar-refractivity contribution in [2.24, 2.45) is 35.5 Å². The summed E-state index contributed by atoms with van der Waals surface area (Å²) in [7, 11) is 0. The van der Waals surface area contributed by atoms with E-state index in [4.69, 9.17) is 0 Å². The van der Waals surface area contributed by atoms with E-state index in [1.54, 1.807) is 44.9 Å². The van der Waals surface area contributed by atoms with Crippen molar-refractivity contribution in [3.63, 3.8) is 0 Å². The van der Waals surface area contributed by atoms with Gasteiger partial charge in [-0.15, -0.1) is 0 Å². The van der Waals surface area contributed by atoms with E-state index in [0.29, 0.717) is 0 Å². The van der Waals surface area contributed by atoms with Gasteiger partial charge in [-0.2, -0.15) is 0 Å². The van der Waals surface area contributed by atoms with Gasteiger partial charge < -0.3 is 0 Å².